The van der Waals surface area contributed by atoms with Crippen molar-refractivity contribution in [2.45, 2.75) is 33.4 Å². The van der Waals surface area contributed by atoms with Gasteiger partial charge in [-0.05, 0) is 62.7 Å². The molecule has 1 N–H and O–H groups in total. The number of nitrogens with zero attached hydrogens (tertiary/aromatic N) is 2. The first kappa shape index (κ1) is 27.0. The van der Waals surface area contributed by atoms with Crippen LogP contribution in [0, 0.1) is 0 Å². The molecular weight excluding hydrogens is 458 g/mol. The Morgan fingerprint density at radius 3 is 2.09 bits per heavy atom. The van der Waals surface area contributed by atoms with E-state index in [4.69, 9.17) is 9.47 Å². The molecule has 0 unspecified atom stereocenters. The third-order valence-electron chi connectivity index (χ3n) is 5.15. The van der Waals surface area contributed by atoms with E-state index in [-0.39, 0.29) is 12.5 Å². The second-order valence-corrected chi connectivity index (χ2v) is 9.54. The molecule has 0 aliphatic heterocycles. The van der Waals surface area contributed by atoms with Gasteiger partial charge in [-0.25, -0.2) is 8.42 Å². The van der Waals surface area contributed by atoms with Crippen LogP contribution in [-0.2, 0) is 26.2 Å². The maximum absolute atomic E-state index is 13.4. The Balaban J connectivity index is 2.34. The molecule has 2 amide bonds. The molecule has 34 heavy (non-hydrogen) atoms. The Bertz CT molecular complexity index is 1060. The van der Waals surface area contributed by atoms with Crippen molar-refractivity contribution < 1.29 is 27.5 Å². The van der Waals surface area contributed by atoms with Gasteiger partial charge in [0.15, 0.2) is 0 Å². The van der Waals surface area contributed by atoms with E-state index in [1.807, 2.05) is 6.92 Å². The Labute approximate surface area is 201 Å². The summed E-state index contributed by atoms with van der Waals surface area (Å²) in [6, 6.07) is 12.8. The highest BCUT2D eigenvalue weighted by atomic mass is 32.2. The first-order valence-electron chi connectivity index (χ1n) is 11.0. The summed E-state index contributed by atoms with van der Waals surface area (Å²) in [5, 5.41) is 2.72. The van der Waals surface area contributed by atoms with Gasteiger partial charge in [0.1, 0.15) is 24.1 Å². The van der Waals surface area contributed by atoms with Crippen LogP contribution in [0.15, 0.2) is 48.5 Å². The molecule has 186 valence electrons. The van der Waals surface area contributed by atoms with E-state index in [1.165, 1.54) is 4.90 Å². The van der Waals surface area contributed by atoms with Gasteiger partial charge in [-0.1, -0.05) is 12.1 Å². The number of carbonyl (C=O) groups excluding carboxylic acids is 2. The van der Waals surface area contributed by atoms with Gasteiger partial charge in [0.25, 0.3) is 0 Å². The molecule has 2 aromatic carbocycles. The van der Waals surface area contributed by atoms with Crippen LogP contribution in [0.3, 0.4) is 0 Å². The summed E-state index contributed by atoms with van der Waals surface area (Å²) in [5.74, 6) is 0.430. The predicted octanol–water partition coefficient (Wildman–Crippen LogP) is 2.41. The molecule has 0 bridgehead atoms. The highest BCUT2D eigenvalue weighted by Gasteiger charge is 2.29. The summed E-state index contributed by atoms with van der Waals surface area (Å²) < 4.78 is 36.7. The van der Waals surface area contributed by atoms with Crippen LogP contribution in [-0.4, -0.2) is 64.2 Å². The molecule has 0 radical (unpaired) electrons. The number of nitrogens with one attached hydrogen (secondary N) is 1. The smallest absolute Gasteiger partial charge is 0.244 e. The Morgan fingerprint density at radius 1 is 1.00 bits per heavy atom. The van der Waals surface area contributed by atoms with Gasteiger partial charge < -0.3 is 19.7 Å². The van der Waals surface area contributed by atoms with E-state index in [9.17, 15) is 18.0 Å². The quantitative estimate of drug-likeness (QED) is 0.489. The topological polar surface area (TPSA) is 105 Å². The minimum absolute atomic E-state index is 0.127. The number of amides is 2. The number of likely N-dealkylation sites (N-methyl/N-ethyl adjacent to an activating group) is 1. The molecule has 0 heterocycles. The van der Waals surface area contributed by atoms with Crippen LogP contribution in [0.5, 0.6) is 11.5 Å². The summed E-state index contributed by atoms with van der Waals surface area (Å²) >= 11 is 0. The summed E-state index contributed by atoms with van der Waals surface area (Å²) in [7, 11) is -2.22. The molecule has 0 saturated carbocycles. The summed E-state index contributed by atoms with van der Waals surface area (Å²) in [4.78, 5) is 27.3. The van der Waals surface area contributed by atoms with E-state index < -0.39 is 28.5 Å². The number of sulfonamides is 1. The molecule has 2 rings (SSSR count). The molecule has 9 nitrogen and oxygen atoms in total. The lowest BCUT2D eigenvalue weighted by Gasteiger charge is -2.31. The lowest BCUT2D eigenvalue weighted by Crippen LogP contribution is -2.51. The van der Waals surface area contributed by atoms with Crippen LogP contribution in [0.1, 0.15) is 26.3 Å². The number of anilines is 1. The standard InChI is InChI=1S/C24H33N3O6S/c1-6-25-24(29)18(3)26(16-19-8-12-21(32-4)13-9-19)23(28)17-27(34(5,30)31)20-10-14-22(15-11-20)33-7-2/h8-15,18H,6-7,16-17H2,1-5H3,(H,25,29)/t18-/m0/s1. The van der Waals surface area contributed by atoms with Crippen LogP contribution < -0.4 is 19.1 Å². The van der Waals surface area contributed by atoms with Crippen LogP contribution in [0.25, 0.3) is 0 Å². The van der Waals surface area contributed by atoms with Crippen molar-refractivity contribution in [3.8, 4) is 11.5 Å². The summed E-state index contributed by atoms with van der Waals surface area (Å²) in [6.07, 6.45) is 1.04. The van der Waals surface area contributed by atoms with Gasteiger partial charge in [0.2, 0.25) is 21.8 Å². The predicted molar refractivity (Wildman–Crippen MR) is 131 cm³/mol. The SMILES string of the molecule is CCNC(=O)[C@H](C)N(Cc1ccc(OC)cc1)C(=O)CN(c1ccc(OCC)cc1)S(C)(=O)=O. The van der Waals surface area contributed by atoms with Crippen molar-refractivity contribution in [3.63, 3.8) is 0 Å². The zero-order valence-electron chi connectivity index (χ0n) is 20.3. The largest absolute Gasteiger partial charge is 0.497 e. The fourth-order valence-corrected chi connectivity index (χ4v) is 4.17. The van der Waals surface area contributed by atoms with Crippen molar-refractivity contribution >= 4 is 27.5 Å². The van der Waals surface area contributed by atoms with Crippen molar-refractivity contribution in [1.82, 2.24) is 10.2 Å². The summed E-state index contributed by atoms with van der Waals surface area (Å²) in [6.45, 7) is 5.82. The highest BCUT2D eigenvalue weighted by molar-refractivity contribution is 7.92. The Hall–Kier alpha value is -3.27. The van der Waals surface area contributed by atoms with E-state index >= 15 is 0 Å². The minimum atomic E-state index is -3.78. The number of benzene rings is 2. The maximum atomic E-state index is 13.4. The molecule has 0 spiro atoms. The molecule has 0 saturated heterocycles. The fourth-order valence-electron chi connectivity index (χ4n) is 3.32. The third kappa shape index (κ3) is 7.38. The first-order valence-corrected chi connectivity index (χ1v) is 12.9. The van der Waals surface area contributed by atoms with Crippen LogP contribution in [0.2, 0.25) is 0 Å². The van der Waals surface area contributed by atoms with Crippen molar-refractivity contribution in [2.75, 3.05) is 37.4 Å². The lowest BCUT2D eigenvalue weighted by molar-refractivity contribution is -0.139. The van der Waals surface area contributed by atoms with Gasteiger partial charge in [-0.3, -0.25) is 13.9 Å². The highest BCUT2D eigenvalue weighted by Crippen LogP contribution is 2.23. The number of hydrogen-bond donors (Lipinski definition) is 1. The third-order valence-corrected chi connectivity index (χ3v) is 6.29. The molecule has 0 aromatic heterocycles. The molecule has 0 fully saturated rings. The number of rotatable bonds is 12. The van der Waals surface area contributed by atoms with Gasteiger partial charge in [0, 0.05) is 13.1 Å². The number of methoxy groups -OCH3 is 1. The Morgan fingerprint density at radius 2 is 1.59 bits per heavy atom. The van der Waals surface area contributed by atoms with Gasteiger partial charge >= 0.3 is 0 Å². The van der Waals surface area contributed by atoms with Gasteiger partial charge in [-0.2, -0.15) is 0 Å². The maximum Gasteiger partial charge on any atom is 0.244 e. The molecule has 2 aromatic rings. The fraction of sp³-hybridized carbons (Fsp3) is 0.417. The normalized spacial score (nSPS) is 11.9. The van der Waals surface area contributed by atoms with Crippen LogP contribution in [0.4, 0.5) is 5.69 Å². The molecule has 10 heteroatoms. The van der Waals surface area contributed by atoms with E-state index in [0.717, 1.165) is 16.1 Å². The number of ether oxygens (including phenoxy) is 2. The molecule has 0 aliphatic rings. The van der Waals surface area contributed by atoms with Gasteiger partial charge in [-0.15, -0.1) is 0 Å². The molecule has 1 atom stereocenters. The first-order chi connectivity index (χ1) is 16.1. The second kappa shape index (κ2) is 12.3. The van der Waals surface area contributed by atoms with Crippen molar-refractivity contribution in [3.05, 3.63) is 54.1 Å². The summed E-state index contributed by atoms with van der Waals surface area (Å²) in [5.41, 5.74) is 1.10. The zero-order chi connectivity index (χ0) is 25.3. The van der Waals surface area contributed by atoms with E-state index in [0.29, 0.717) is 30.3 Å². The van der Waals surface area contributed by atoms with E-state index in [1.54, 1.807) is 69.5 Å². The van der Waals surface area contributed by atoms with E-state index in [2.05, 4.69) is 5.32 Å². The monoisotopic (exact) mass is 491 g/mol. The lowest BCUT2D eigenvalue weighted by atomic mass is 10.1. The van der Waals surface area contributed by atoms with Crippen LogP contribution >= 0.6 is 0 Å². The zero-order valence-corrected chi connectivity index (χ0v) is 21.1. The molecular formula is C24H33N3O6S. The molecule has 0 aliphatic carbocycles. The number of hydrogen-bond acceptors (Lipinski definition) is 6. The number of carbonyl (C=O) groups is 2. The minimum Gasteiger partial charge on any atom is -0.497 e. The second-order valence-electron chi connectivity index (χ2n) is 7.64. The average Bonchev–Trinajstić information content (AvgIpc) is 2.81. The van der Waals surface area contributed by atoms with Gasteiger partial charge in [0.05, 0.1) is 25.7 Å². The van der Waals surface area contributed by atoms with Crippen molar-refractivity contribution in [1.29, 1.82) is 0 Å². The average molecular weight is 492 g/mol. The Kier molecular flexibility index (Phi) is 9.73. The van der Waals surface area contributed by atoms with Crippen molar-refractivity contribution in [2.24, 2.45) is 0 Å².